The number of hydrogen-bond acceptors (Lipinski definition) is 8. The summed E-state index contributed by atoms with van der Waals surface area (Å²) < 4.78 is 1.64. The van der Waals surface area contributed by atoms with Gasteiger partial charge in [0.1, 0.15) is 0 Å². The van der Waals surface area contributed by atoms with Gasteiger partial charge in [0.15, 0.2) is 0 Å². The van der Waals surface area contributed by atoms with Gasteiger partial charge in [-0.1, -0.05) is 143 Å². The van der Waals surface area contributed by atoms with Gasteiger partial charge in [-0.25, -0.2) is 0 Å². The Labute approximate surface area is 402 Å². The van der Waals surface area contributed by atoms with Crippen molar-refractivity contribution in [2.24, 2.45) is 0 Å². The molecular weight excluding hydrogens is 937 g/mol. The molecule has 306 valence electrons. The molecule has 0 saturated carbocycles. The van der Waals surface area contributed by atoms with Crippen molar-refractivity contribution in [1.29, 1.82) is 0 Å². The van der Waals surface area contributed by atoms with Gasteiger partial charge in [0.05, 0.1) is 0 Å². The maximum absolute atomic E-state index is 4.85. The summed E-state index contributed by atoms with van der Waals surface area (Å²) >= 11 is 38.8. The van der Waals surface area contributed by atoms with E-state index in [-0.39, 0.29) is 21.1 Å². The number of rotatable bonds is 16. The standard InChI is InChI=1S/4C11H15NS2.Mo/c4*1-2-3-6-9-7-4-5-8-10(9)12-11(13)14;/h4*4-5,7-8H,2-3,6H2,1H3,(H2,12,13,14);/q;;;;+4/p-4. The zero-order valence-corrected chi connectivity index (χ0v) is 41.9. The topological polar surface area (TPSA) is 48.1 Å². The maximum atomic E-state index is 4.85. The molecular formula is C44H56MoN4S8. The molecule has 0 aliphatic heterocycles. The molecule has 0 spiro atoms. The number of nitrogens with one attached hydrogen (secondary N) is 4. The Bertz CT molecular complexity index is 1500. The summed E-state index contributed by atoms with van der Waals surface area (Å²) in [5.74, 6) is 0. The van der Waals surface area contributed by atoms with Crippen LogP contribution in [0.1, 0.15) is 101 Å². The molecule has 0 heterocycles. The SMILES string of the molecule is CCCCc1ccccc1NC(=S)[S-].CCCCc1ccccc1NC(=S)[S-].CCCCc1ccccc1NC(=S)[S-].CCCCc1ccccc1NC(=S)[S-].[Mo+4]. The second-order valence-corrected chi connectivity index (χ2v) is 17.0. The molecule has 4 aromatic carbocycles. The average Bonchev–Trinajstić information content (AvgIpc) is 3.16. The van der Waals surface area contributed by atoms with Crippen LogP contribution in [-0.4, -0.2) is 17.3 Å². The second-order valence-electron chi connectivity index (χ2n) is 12.7. The third-order valence-corrected chi connectivity index (χ3v) is 9.03. The maximum Gasteiger partial charge on any atom is 4.00 e. The van der Waals surface area contributed by atoms with Crippen LogP contribution in [0.3, 0.4) is 0 Å². The molecule has 0 unspecified atom stereocenters. The minimum Gasteiger partial charge on any atom is -0.411 e. The fourth-order valence-electron chi connectivity index (χ4n) is 5.35. The van der Waals surface area contributed by atoms with Gasteiger partial charge < -0.3 is 121 Å². The van der Waals surface area contributed by atoms with Crippen molar-refractivity contribution < 1.29 is 21.1 Å². The van der Waals surface area contributed by atoms with Crippen LogP contribution in [0, 0.1) is 0 Å². The number of thiocarbonyl (C=S) groups is 4. The van der Waals surface area contributed by atoms with Gasteiger partial charge >= 0.3 is 21.1 Å². The molecule has 4 rings (SSSR count). The first kappa shape index (κ1) is 55.0. The summed E-state index contributed by atoms with van der Waals surface area (Å²) in [5.41, 5.74) is 9.40. The van der Waals surface area contributed by atoms with Crippen molar-refractivity contribution in [3.05, 3.63) is 119 Å². The zero-order chi connectivity index (χ0) is 41.6. The number of hydrogen-bond donors (Lipinski definition) is 4. The van der Waals surface area contributed by atoms with Gasteiger partial charge in [0, 0.05) is 22.7 Å². The van der Waals surface area contributed by atoms with Crippen LogP contribution in [0.25, 0.3) is 0 Å². The third-order valence-electron chi connectivity index (χ3n) is 8.22. The van der Waals surface area contributed by atoms with E-state index in [2.05, 4.69) is 73.2 Å². The number of para-hydroxylation sites is 4. The van der Waals surface area contributed by atoms with Gasteiger partial charge in [-0.3, -0.25) is 0 Å². The number of anilines is 4. The first-order chi connectivity index (χ1) is 26.9. The molecule has 0 radical (unpaired) electrons. The van der Waals surface area contributed by atoms with Crippen molar-refractivity contribution in [2.45, 2.75) is 105 Å². The Morgan fingerprint density at radius 2 is 0.544 bits per heavy atom. The van der Waals surface area contributed by atoms with Crippen LogP contribution in [0.4, 0.5) is 22.7 Å². The van der Waals surface area contributed by atoms with E-state index in [1.807, 2.05) is 72.8 Å². The Morgan fingerprint density at radius 3 is 0.702 bits per heavy atom. The normalized spacial score (nSPS) is 9.61. The minimum absolute atomic E-state index is 0. The van der Waals surface area contributed by atoms with E-state index in [0.29, 0.717) is 17.3 Å². The first-order valence-corrected chi connectivity index (χ1v) is 22.5. The van der Waals surface area contributed by atoms with Gasteiger partial charge in [0.25, 0.3) is 0 Å². The fraction of sp³-hybridized carbons (Fsp3) is 0.364. The van der Waals surface area contributed by atoms with Crippen LogP contribution in [0.5, 0.6) is 0 Å². The molecule has 0 atom stereocenters. The largest absolute Gasteiger partial charge is 4.00 e. The zero-order valence-electron chi connectivity index (χ0n) is 33.4. The molecule has 0 amide bonds. The fourth-order valence-corrected chi connectivity index (χ4v) is 6.23. The van der Waals surface area contributed by atoms with E-state index in [9.17, 15) is 0 Å². The molecule has 4 N–H and O–H groups in total. The van der Waals surface area contributed by atoms with E-state index < -0.39 is 0 Å². The van der Waals surface area contributed by atoms with E-state index in [1.165, 1.54) is 73.6 Å². The van der Waals surface area contributed by atoms with Crippen LogP contribution in [0.2, 0.25) is 0 Å². The van der Waals surface area contributed by atoms with Crippen LogP contribution in [-0.2, 0) is 97.3 Å². The first-order valence-electron chi connectivity index (χ1n) is 19.2. The van der Waals surface area contributed by atoms with Crippen LogP contribution >= 0.6 is 48.9 Å². The molecule has 0 bridgehead atoms. The summed E-state index contributed by atoms with van der Waals surface area (Å²) in [6.07, 6.45) is 13.9. The summed E-state index contributed by atoms with van der Waals surface area (Å²) in [5, 5.41) is 12.1. The molecule has 4 nitrogen and oxygen atoms in total. The van der Waals surface area contributed by atoms with E-state index >= 15 is 0 Å². The number of aryl methyl sites for hydroxylation is 4. The summed E-state index contributed by atoms with van der Waals surface area (Å²) in [7, 11) is 0. The summed E-state index contributed by atoms with van der Waals surface area (Å²) in [4.78, 5) is 0. The monoisotopic (exact) mass is 994 g/mol. The van der Waals surface area contributed by atoms with Gasteiger partial charge in [-0.2, -0.15) is 0 Å². The Kier molecular flexibility index (Phi) is 33.6. The average molecular weight is 993 g/mol. The quantitative estimate of drug-likeness (QED) is 0.0491. The molecule has 4 aromatic rings. The van der Waals surface area contributed by atoms with Gasteiger partial charge in [-0.05, 0) is 97.9 Å². The molecule has 0 fully saturated rings. The van der Waals surface area contributed by atoms with Crippen molar-refractivity contribution in [2.75, 3.05) is 21.3 Å². The van der Waals surface area contributed by atoms with Crippen molar-refractivity contribution in [3.8, 4) is 0 Å². The van der Waals surface area contributed by atoms with Crippen LogP contribution < -0.4 is 21.3 Å². The van der Waals surface area contributed by atoms with Crippen molar-refractivity contribution >= 4 is 139 Å². The smallest absolute Gasteiger partial charge is 0.411 e. The van der Waals surface area contributed by atoms with Gasteiger partial charge in [-0.15, -0.1) is 0 Å². The molecule has 0 aliphatic rings. The predicted molar refractivity (Wildman–Crippen MR) is 275 cm³/mol. The van der Waals surface area contributed by atoms with Crippen molar-refractivity contribution in [3.63, 3.8) is 0 Å². The van der Waals surface area contributed by atoms with E-state index in [0.717, 1.165) is 48.4 Å². The Balaban J connectivity index is 0.000000729. The molecule has 0 aromatic heterocycles. The number of benzene rings is 4. The van der Waals surface area contributed by atoms with E-state index in [1.54, 1.807) is 0 Å². The molecule has 57 heavy (non-hydrogen) atoms. The second kappa shape index (κ2) is 34.8. The Morgan fingerprint density at radius 1 is 0.368 bits per heavy atom. The van der Waals surface area contributed by atoms with Crippen molar-refractivity contribution in [1.82, 2.24) is 0 Å². The minimum atomic E-state index is 0. The molecule has 0 saturated heterocycles. The van der Waals surface area contributed by atoms with Crippen LogP contribution in [0.15, 0.2) is 97.1 Å². The summed E-state index contributed by atoms with van der Waals surface area (Å²) in [6.45, 7) is 8.75. The molecule has 0 aliphatic carbocycles. The van der Waals surface area contributed by atoms with Gasteiger partial charge in [0.2, 0.25) is 0 Å². The predicted octanol–water partition coefficient (Wildman–Crippen LogP) is 13.1. The third kappa shape index (κ3) is 26.7. The summed E-state index contributed by atoms with van der Waals surface area (Å²) in [6, 6.07) is 32.7. The number of unbranched alkanes of at least 4 members (excludes halogenated alkanes) is 4. The molecule has 13 heteroatoms. The Hall–Kier alpha value is -1.99. The van der Waals surface area contributed by atoms with E-state index in [4.69, 9.17) is 99.4 Å².